The smallest absolute Gasteiger partial charge is 0.330 e. The van der Waals surface area contributed by atoms with Crippen LogP contribution in [0.2, 0.25) is 0 Å². The molecule has 4 atom stereocenters. The molecule has 4 nitrogen and oxygen atoms in total. The van der Waals surface area contributed by atoms with Gasteiger partial charge in [-0.1, -0.05) is 12.8 Å². The number of esters is 1. The molecule has 0 aromatic heterocycles. The van der Waals surface area contributed by atoms with Crippen molar-refractivity contribution in [2.45, 2.75) is 25.9 Å². The minimum absolute atomic E-state index is 0.0969. The number of terminal acetylenes is 1. The normalized spacial score (nSPS) is 31.9. The fraction of sp³-hybridized carbons (Fsp3) is 0.571. The van der Waals surface area contributed by atoms with E-state index >= 15 is 0 Å². The Morgan fingerprint density at radius 1 is 1.39 bits per heavy atom. The molecule has 0 spiro atoms. The van der Waals surface area contributed by atoms with Gasteiger partial charge in [0.05, 0.1) is 19.1 Å². The lowest BCUT2D eigenvalue weighted by Crippen LogP contribution is -2.40. The van der Waals surface area contributed by atoms with Crippen LogP contribution in [-0.2, 0) is 14.3 Å². The topological polar surface area (TPSA) is 63.6 Å². The minimum atomic E-state index is -0.663. The van der Waals surface area contributed by atoms with Gasteiger partial charge in [-0.05, 0) is 24.8 Å². The number of methoxy groups -OCH3 is 1. The van der Waals surface area contributed by atoms with Gasteiger partial charge in [0.15, 0.2) is 5.78 Å². The van der Waals surface area contributed by atoms with E-state index in [4.69, 9.17) is 6.42 Å². The van der Waals surface area contributed by atoms with Crippen molar-refractivity contribution in [2.24, 2.45) is 17.8 Å². The number of rotatable bonds is 3. The first-order valence-corrected chi connectivity index (χ1v) is 5.95. The van der Waals surface area contributed by atoms with Gasteiger partial charge in [0.2, 0.25) is 0 Å². The predicted molar refractivity (Wildman–Crippen MR) is 66.4 cm³/mol. The van der Waals surface area contributed by atoms with Crippen molar-refractivity contribution < 1.29 is 19.4 Å². The molecular weight excluding hydrogens is 232 g/mol. The predicted octanol–water partition coefficient (Wildman–Crippen LogP) is 0.941. The molecule has 98 valence electrons. The number of allylic oxidation sites excluding steroid dienone is 1. The molecule has 1 rings (SSSR count). The van der Waals surface area contributed by atoms with Crippen LogP contribution in [0.25, 0.3) is 0 Å². The zero-order valence-corrected chi connectivity index (χ0v) is 10.6. The van der Waals surface area contributed by atoms with E-state index in [0.717, 1.165) is 12.5 Å². The number of aliphatic hydroxyl groups excluding tert-OH is 1. The highest BCUT2D eigenvalue weighted by Crippen LogP contribution is 2.34. The lowest BCUT2D eigenvalue weighted by atomic mass is 9.71. The Hall–Kier alpha value is -1.60. The van der Waals surface area contributed by atoms with E-state index in [9.17, 15) is 14.7 Å². The van der Waals surface area contributed by atoms with Crippen molar-refractivity contribution >= 4 is 11.8 Å². The first-order valence-electron chi connectivity index (χ1n) is 5.95. The highest BCUT2D eigenvalue weighted by molar-refractivity contribution is 5.97. The van der Waals surface area contributed by atoms with Crippen LogP contribution in [0.1, 0.15) is 19.8 Å². The molecule has 0 amide bonds. The fourth-order valence-electron chi connectivity index (χ4n) is 2.26. The molecule has 0 radical (unpaired) electrons. The summed E-state index contributed by atoms with van der Waals surface area (Å²) in [5, 5.41) is 9.97. The second kappa shape index (κ2) is 6.36. The van der Waals surface area contributed by atoms with E-state index < -0.39 is 23.9 Å². The fourth-order valence-corrected chi connectivity index (χ4v) is 2.26. The number of ketones is 1. The molecule has 0 aromatic rings. The third-order valence-corrected chi connectivity index (χ3v) is 3.46. The molecule has 0 bridgehead atoms. The summed E-state index contributed by atoms with van der Waals surface area (Å²) in [6.07, 6.45) is 8.38. The summed E-state index contributed by atoms with van der Waals surface area (Å²) >= 11 is 0. The molecule has 1 N–H and O–H groups in total. The summed E-state index contributed by atoms with van der Waals surface area (Å²) in [5.41, 5.74) is 0. The third kappa shape index (κ3) is 3.21. The van der Waals surface area contributed by atoms with Gasteiger partial charge in [-0.15, -0.1) is 6.42 Å². The molecular formula is C14H18O4. The standard InChI is InChI=1S/C14H18O4/c1-4-10-11(6-5-9(2)14(10)17)12(15)7-8-13(16)18-3/h1,7-11,14,17H,5-6H2,2-3H3/b8-7+/t9-,10+,11-,14+/m1/s1. The first-order chi connectivity index (χ1) is 8.51. The number of ether oxygens (including phenoxy) is 1. The average Bonchev–Trinajstić information content (AvgIpc) is 2.38. The molecule has 0 heterocycles. The molecule has 1 aliphatic rings. The van der Waals surface area contributed by atoms with Gasteiger partial charge < -0.3 is 9.84 Å². The van der Waals surface area contributed by atoms with Crippen LogP contribution in [0.4, 0.5) is 0 Å². The molecule has 0 unspecified atom stereocenters. The lowest BCUT2D eigenvalue weighted by Gasteiger charge is -2.35. The highest BCUT2D eigenvalue weighted by atomic mass is 16.5. The summed E-state index contributed by atoms with van der Waals surface area (Å²) in [6, 6.07) is 0. The van der Waals surface area contributed by atoms with Crippen molar-refractivity contribution in [3.05, 3.63) is 12.2 Å². The van der Waals surface area contributed by atoms with Crippen LogP contribution >= 0.6 is 0 Å². The lowest BCUT2D eigenvalue weighted by molar-refractivity contribution is -0.135. The first kappa shape index (κ1) is 14.5. The van der Waals surface area contributed by atoms with Crippen LogP contribution in [0.15, 0.2) is 12.2 Å². The molecule has 1 fully saturated rings. The van der Waals surface area contributed by atoms with Crippen LogP contribution in [0.5, 0.6) is 0 Å². The van der Waals surface area contributed by atoms with E-state index in [0.29, 0.717) is 6.42 Å². The molecule has 18 heavy (non-hydrogen) atoms. The largest absolute Gasteiger partial charge is 0.466 e. The monoisotopic (exact) mass is 250 g/mol. The van der Waals surface area contributed by atoms with Gasteiger partial charge in [0.1, 0.15) is 0 Å². The number of hydrogen-bond acceptors (Lipinski definition) is 4. The molecule has 4 heteroatoms. The summed E-state index contributed by atoms with van der Waals surface area (Å²) in [6.45, 7) is 1.92. The second-order valence-corrected chi connectivity index (χ2v) is 4.60. The quantitative estimate of drug-likeness (QED) is 0.460. The van der Waals surface area contributed by atoms with Gasteiger partial charge >= 0.3 is 5.97 Å². The summed E-state index contributed by atoms with van der Waals surface area (Å²) in [7, 11) is 1.24. The maximum absolute atomic E-state index is 11.9. The van der Waals surface area contributed by atoms with Gasteiger partial charge in [-0.2, -0.15) is 0 Å². The van der Waals surface area contributed by atoms with Gasteiger partial charge in [0, 0.05) is 12.0 Å². The van der Waals surface area contributed by atoms with Crippen molar-refractivity contribution in [1.29, 1.82) is 0 Å². The summed E-state index contributed by atoms with van der Waals surface area (Å²) in [5.74, 6) is 0.889. The SMILES string of the molecule is C#C[C@@H]1[C@@H](O)[C@H](C)CC[C@H]1C(=O)/C=C/C(=O)OC. The summed E-state index contributed by atoms with van der Waals surface area (Å²) < 4.78 is 4.41. The molecule has 1 saturated carbocycles. The Morgan fingerprint density at radius 3 is 2.61 bits per heavy atom. The van der Waals surface area contributed by atoms with Crippen LogP contribution in [0.3, 0.4) is 0 Å². The Labute approximate surface area is 107 Å². The number of carbonyl (C=O) groups excluding carboxylic acids is 2. The molecule has 1 aliphatic carbocycles. The average molecular weight is 250 g/mol. The van der Waals surface area contributed by atoms with Gasteiger partial charge in [-0.3, -0.25) is 4.79 Å². The molecule has 0 saturated heterocycles. The zero-order chi connectivity index (χ0) is 13.7. The van der Waals surface area contributed by atoms with E-state index in [-0.39, 0.29) is 11.7 Å². The van der Waals surface area contributed by atoms with E-state index in [2.05, 4.69) is 10.7 Å². The zero-order valence-electron chi connectivity index (χ0n) is 10.6. The van der Waals surface area contributed by atoms with E-state index in [1.807, 2.05) is 6.92 Å². The minimum Gasteiger partial charge on any atom is -0.466 e. The highest BCUT2D eigenvalue weighted by Gasteiger charge is 2.38. The Bertz CT molecular complexity index is 391. The van der Waals surface area contributed by atoms with Crippen molar-refractivity contribution in [1.82, 2.24) is 0 Å². The third-order valence-electron chi connectivity index (χ3n) is 3.46. The van der Waals surface area contributed by atoms with Crippen LogP contribution in [0, 0.1) is 30.1 Å². The van der Waals surface area contributed by atoms with Crippen LogP contribution in [-0.4, -0.2) is 30.1 Å². The Morgan fingerprint density at radius 2 is 2.06 bits per heavy atom. The number of aliphatic hydroxyl groups is 1. The van der Waals surface area contributed by atoms with Gasteiger partial charge in [-0.25, -0.2) is 4.79 Å². The molecule has 0 aliphatic heterocycles. The van der Waals surface area contributed by atoms with Crippen molar-refractivity contribution in [2.75, 3.05) is 7.11 Å². The van der Waals surface area contributed by atoms with E-state index in [1.165, 1.54) is 13.2 Å². The van der Waals surface area contributed by atoms with Crippen LogP contribution < -0.4 is 0 Å². The number of hydrogen-bond donors (Lipinski definition) is 1. The Balaban J connectivity index is 2.76. The molecule has 0 aromatic carbocycles. The van der Waals surface area contributed by atoms with E-state index in [1.54, 1.807) is 0 Å². The maximum atomic E-state index is 11.9. The van der Waals surface area contributed by atoms with Crippen molar-refractivity contribution in [3.63, 3.8) is 0 Å². The number of carbonyl (C=O) groups is 2. The Kier molecular flexibility index (Phi) is 5.11. The summed E-state index contributed by atoms with van der Waals surface area (Å²) in [4.78, 5) is 22.9. The van der Waals surface area contributed by atoms with Gasteiger partial charge in [0.25, 0.3) is 0 Å². The van der Waals surface area contributed by atoms with Crippen molar-refractivity contribution in [3.8, 4) is 12.3 Å². The maximum Gasteiger partial charge on any atom is 0.330 e. The second-order valence-electron chi connectivity index (χ2n) is 4.60.